The molecule has 0 bridgehead atoms. The van der Waals surface area contributed by atoms with Crippen LogP contribution >= 0.6 is 11.8 Å². The van der Waals surface area contributed by atoms with Crippen LogP contribution in [0.5, 0.6) is 5.75 Å². The summed E-state index contributed by atoms with van der Waals surface area (Å²) in [6.45, 7) is 8.30. The van der Waals surface area contributed by atoms with E-state index in [1.165, 1.54) is 11.8 Å². The Hall–Kier alpha value is -4.82. The first-order chi connectivity index (χ1) is 21.2. The number of amides is 3. The molecule has 0 radical (unpaired) electrons. The van der Waals surface area contributed by atoms with E-state index < -0.39 is 11.8 Å². The highest BCUT2D eigenvalue weighted by atomic mass is 32.2. The Morgan fingerprint density at radius 3 is 2.20 bits per heavy atom. The Kier molecular flexibility index (Phi) is 11.4. The average Bonchev–Trinajstić information content (AvgIpc) is 3.00. The van der Waals surface area contributed by atoms with Crippen LogP contribution in [0.4, 0.5) is 11.4 Å². The van der Waals surface area contributed by atoms with Gasteiger partial charge in [-0.1, -0.05) is 55.5 Å². The Morgan fingerprint density at radius 1 is 0.795 bits per heavy atom. The van der Waals surface area contributed by atoms with Gasteiger partial charge >= 0.3 is 0 Å². The fourth-order valence-electron chi connectivity index (χ4n) is 4.59. The summed E-state index contributed by atoms with van der Waals surface area (Å²) in [4.78, 5) is 40.6. The van der Waals surface area contributed by atoms with Gasteiger partial charge in [0, 0.05) is 27.4 Å². The van der Waals surface area contributed by atoms with Gasteiger partial charge in [-0.05, 0) is 92.9 Å². The second kappa shape index (κ2) is 15.6. The number of hydrogen-bond acceptors (Lipinski definition) is 5. The van der Waals surface area contributed by atoms with Gasteiger partial charge in [0.25, 0.3) is 11.8 Å². The molecule has 3 amide bonds. The lowest BCUT2D eigenvalue weighted by molar-refractivity contribution is -0.116. The summed E-state index contributed by atoms with van der Waals surface area (Å²) >= 11 is 1.43. The maximum Gasteiger partial charge on any atom is 0.272 e. The normalized spacial score (nSPS) is 11.8. The van der Waals surface area contributed by atoms with Crippen LogP contribution in [0.1, 0.15) is 47.3 Å². The zero-order chi connectivity index (χ0) is 31.5. The van der Waals surface area contributed by atoms with Crippen molar-refractivity contribution in [3.8, 4) is 5.75 Å². The molecule has 0 saturated carbocycles. The van der Waals surface area contributed by atoms with Crippen LogP contribution in [0.15, 0.2) is 108 Å². The van der Waals surface area contributed by atoms with Crippen LogP contribution in [-0.4, -0.2) is 29.6 Å². The van der Waals surface area contributed by atoms with Gasteiger partial charge in [0.1, 0.15) is 11.4 Å². The van der Waals surface area contributed by atoms with Crippen molar-refractivity contribution in [1.82, 2.24) is 5.32 Å². The third kappa shape index (κ3) is 9.09. The maximum absolute atomic E-state index is 13.6. The number of nitrogens with one attached hydrogen (secondary N) is 3. The molecular formula is C36H37N3O4S. The Balaban J connectivity index is 1.53. The highest BCUT2D eigenvalue weighted by molar-refractivity contribution is 8.00. The van der Waals surface area contributed by atoms with Crippen LogP contribution in [0.3, 0.4) is 0 Å². The fourth-order valence-corrected chi connectivity index (χ4v) is 5.60. The van der Waals surface area contributed by atoms with E-state index in [1.54, 1.807) is 36.4 Å². The zero-order valence-electron chi connectivity index (χ0n) is 25.3. The second-order valence-electron chi connectivity index (χ2n) is 10.2. The smallest absolute Gasteiger partial charge is 0.272 e. The van der Waals surface area contributed by atoms with E-state index in [1.807, 2.05) is 88.4 Å². The first kappa shape index (κ1) is 32.1. The van der Waals surface area contributed by atoms with Gasteiger partial charge in [-0.15, -0.1) is 11.8 Å². The van der Waals surface area contributed by atoms with Gasteiger partial charge in [-0.2, -0.15) is 0 Å². The number of hydrogen-bond donors (Lipinski definition) is 3. The number of thioether (sulfide) groups is 1. The number of rotatable bonds is 12. The molecule has 0 saturated heterocycles. The molecule has 0 fully saturated rings. The molecule has 0 heterocycles. The standard InChI is InChI=1S/C36H37N3O4S/c1-5-33(36(42)38-29-20-24(3)19-25(4)21-29)44-30-17-12-16-28(23-30)37-35(41)31(39-34(40)26-13-8-7-9-14-26)22-27-15-10-11-18-32(27)43-6-2/h7-23,33H,5-6H2,1-4H3,(H,37,41)(H,38,42)(H,39,40)/b31-22+. The average molecular weight is 608 g/mol. The Bertz CT molecular complexity index is 1630. The monoisotopic (exact) mass is 607 g/mol. The maximum atomic E-state index is 13.6. The number of carbonyl (C=O) groups excluding carboxylic acids is 3. The number of para-hydroxylation sites is 1. The van der Waals surface area contributed by atoms with E-state index in [0.29, 0.717) is 35.6 Å². The van der Waals surface area contributed by atoms with Crippen LogP contribution in [-0.2, 0) is 9.59 Å². The van der Waals surface area contributed by atoms with Crippen molar-refractivity contribution < 1.29 is 19.1 Å². The number of benzene rings is 4. The number of carbonyl (C=O) groups is 3. The first-order valence-corrected chi connectivity index (χ1v) is 15.4. The molecule has 4 aromatic rings. The van der Waals surface area contributed by atoms with Gasteiger partial charge in [0.2, 0.25) is 5.91 Å². The summed E-state index contributed by atoms with van der Waals surface area (Å²) in [6.07, 6.45) is 2.22. The molecule has 44 heavy (non-hydrogen) atoms. The minimum absolute atomic E-state index is 0.0586. The number of anilines is 2. The third-order valence-corrected chi connectivity index (χ3v) is 7.93. The van der Waals surface area contributed by atoms with E-state index in [-0.39, 0.29) is 16.9 Å². The van der Waals surface area contributed by atoms with Crippen molar-refractivity contribution in [2.75, 3.05) is 17.2 Å². The summed E-state index contributed by atoms with van der Waals surface area (Å²) < 4.78 is 5.73. The summed E-state index contributed by atoms with van der Waals surface area (Å²) in [6, 6.07) is 29.3. The molecule has 4 aromatic carbocycles. The van der Waals surface area contributed by atoms with Gasteiger partial charge in [-0.3, -0.25) is 14.4 Å². The van der Waals surface area contributed by atoms with Gasteiger partial charge < -0.3 is 20.7 Å². The molecule has 3 N–H and O–H groups in total. The van der Waals surface area contributed by atoms with Gasteiger partial charge in [0.15, 0.2) is 0 Å². The highest BCUT2D eigenvalue weighted by Crippen LogP contribution is 2.29. The Labute approximate surface area is 263 Å². The highest BCUT2D eigenvalue weighted by Gasteiger charge is 2.20. The SMILES string of the molecule is CCOc1ccccc1/C=C(/NC(=O)c1ccccc1)C(=O)Nc1cccc(SC(CC)C(=O)Nc2cc(C)cc(C)c2)c1. The molecule has 1 atom stereocenters. The molecule has 8 heteroatoms. The molecule has 0 aliphatic carbocycles. The molecule has 0 aliphatic heterocycles. The van der Waals surface area contributed by atoms with E-state index >= 15 is 0 Å². The predicted molar refractivity (Wildman–Crippen MR) is 179 cm³/mol. The summed E-state index contributed by atoms with van der Waals surface area (Å²) in [5.41, 5.74) is 4.60. The van der Waals surface area contributed by atoms with Crippen molar-refractivity contribution in [3.63, 3.8) is 0 Å². The first-order valence-electron chi connectivity index (χ1n) is 14.5. The van der Waals surface area contributed by atoms with Crippen LogP contribution in [0.25, 0.3) is 6.08 Å². The molecule has 7 nitrogen and oxygen atoms in total. The van der Waals surface area contributed by atoms with Gasteiger partial charge in [0.05, 0.1) is 11.9 Å². The third-order valence-electron chi connectivity index (χ3n) is 6.57. The predicted octanol–water partition coefficient (Wildman–Crippen LogP) is 7.62. The van der Waals surface area contributed by atoms with Crippen molar-refractivity contribution in [2.45, 2.75) is 44.3 Å². The van der Waals surface area contributed by atoms with Crippen molar-refractivity contribution in [2.24, 2.45) is 0 Å². The molecule has 0 aromatic heterocycles. The van der Waals surface area contributed by atoms with Crippen LogP contribution in [0, 0.1) is 13.8 Å². The summed E-state index contributed by atoms with van der Waals surface area (Å²) in [7, 11) is 0. The quantitative estimate of drug-likeness (QED) is 0.114. The molecule has 4 rings (SSSR count). The Morgan fingerprint density at radius 2 is 1.50 bits per heavy atom. The minimum atomic E-state index is -0.498. The van der Waals surface area contributed by atoms with Crippen molar-refractivity contribution >= 4 is 46.9 Å². The number of aryl methyl sites for hydroxylation is 2. The summed E-state index contributed by atoms with van der Waals surface area (Å²) in [5.74, 6) is -0.399. The lowest BCUT2D eigenvalue weighted by atomic mass is 10.1. The fraction of sp³-hybridized carbons (Fsp3) is 0.194. The largest absolute Gasteiger partial charge is 0.493 e. The van der Waals surface area contributed by atoms with E-state index in [4.69, 9.17) is 4.74 Å². The molecule has 226 valence electrons. The molecule has 0 aliphatic rings. The van der Waals surface area contributed by atoms with Crippen LogP contribution in [0.2, 0.25) is 0 Å². The van der Waals surface area contributed by atoms with Crippen molar-refractivity contribution in [3.05, 3.63) is 125 Å². The van der Waals surface area contributed by atoms with E-state index in [9.17, 15) is 14.4 Å². The number of ether oxygens (including phenoxy) is 1. The molecule has 1 unspecified atom stereocenters. The van der Waals surface area contributed by atoms with E-state index in [2.05, 4.69) is 22.0 Å². The van der Waals surface area contributed by atoms with E-state index in [0.717, 1.165) is 21.7 Å². The second-order valence-corrected chi connectivity index (χ2v) is 11.5. The summed E-state index contributed by atoms with van der Waals surface area (Å²) in [5, 5.41) is 8.38. The van der Waals surface area contributed by atoms with Crippen molar-refractivity contribution in [1.29, 1.82) is 0 Å². The zero-order valence-corrected chi connectivity index (χ0v) is 26.2. The molecule has 0 spiro atoms. The van der Waals surface area contributed by atoms with Gasteiger partial charge in [-0.25, -0.2) is 0 Å². The topological polar surface area (TPSA) is 96.5 Å². The molecular weight excluding hydrogens is 570 g/mol. The van der Waals surface area contributed by atoms with Crippen LogP contribution < -0.4 is 20.7 Å². The lowest BCUT2D eigenvalue weighted by Gasteiger charge is -2.16. The lowest BCUT2D eigenvalue weighted by Crippen LogP contribution is -2.30. The minimum Gasteiger partial charge on any atom is -0.493 e.